The summed E-state index contributed by atoms with van der Waals surface area (Å²) in [5, 5.41) is 9.41. The number of hydrogen-bond acceptors (Lipinski definition) is 4. The van der Waals surface area contributed by atoms with Gasteiger partial charge in [-0.1, -0.05) is 42.1 Å². The molecule has 0 bridgehead atoms. The number of hydrogen-bond donors (Lipinski definition) is 0. The van der Waals surface area contributed by atoms with E-state index in [0.29, 0.717) is 29.3 Å². The van der Waals surface area contributed by atoms with E-state index in [9.17, 15) is 9.18 Å². The first-order chi connectivity index (χ1) is 14.6. The molecule has 1 atom stereocenters. The second kappa shape index (κ2) is 9.43. The van der Waals surface area contributed by atoms with Crippen molar-refractivity contribution in [2.75, 3.05) is 12.3 Å². The van der Waals surface area contributed by atoms with Crippen LogP contribution in [0, 0.1) is 5.82 Å². The lowest BCUT2D eigenvalue weighted by molar-refractivity contribution is -0.131. The molecule has 0 spiro atoms. The van der Waals surface area contributed by atoms with Crippen molar-refractivity contribution in [1.82, 2.24) is 19.7 Å². The number of halogens is 1. The Morgan fingerprint density at radius 3 is 2.60 bits per heavy atom. The van der Waals surface area contributed by atoms with Crippen LogP contribution in [0.2, 0.25) is 0 Å². The number of piperidine rings is 1. The molecule has 156 valence electrons. The first-order valence-corrected chi connectivity index (χ1v) is 11.3. The summed E-state index contributed by atoms with van der Waals surface area (Å²) in [5.41, 5.74) is 1.90. The predicted octanol–water partition coefficient (Wildman–Crippen LogP) is 4.63. The molecule has 0 N–H and O–H groups in total. The Kier molecular flexibility index (Phi) is 6.47. The van der Waals surface area contributed by atoms with Gasteiger partial charge in [0.05, 0.1) is 12.3 Å². The number of thioether (sulfide) groups is 1. The fourth-order valence-corrected chi connectivity index (χ4v) is 4.62. The zero-order valence-electron chi connectivity index (χ0n) is 17.0. The van der Waals surface area contributed by atoms with Crippen LogP contribution in [0.3, 0.4) is 0 Å². The summed E-state index contributed by atoms with van der Waals surface area (Å²) in [6.07, 6.45) is 3.32. The van der Waals surface area contributed by atoms with Crippen LogP contribution in [-0.2, 0) is 11.3 Å². The van der Waals surface area contributed by atoms with E-state index in [2.05, 4.69) is 17.1 Å². The van der Waals surface area contributed by atoms with Crippen LogP contribution in [0.25, 0.3) is 11.4 Å². The number of amides is 1. The minimum atomic E-state index is -0.288. The third-order valence-electron chi connectivity index (χ3n) is 5.45. The van der Waals surface area contributed by atoms with Crippen molar-refractivity contribution in [3.05, 3.63) is 66.0 Å². The highest BCUT2D eigenvalue weighted by Crippen LogP contribution is 2.26. The van der Waals surface area contributed by atoms with E-state index >= 15 is 0 Å². The molecule has 0 saturated carbocycles. The molecule has 4 rings (SSSR count). The number of benzene rings is 2. The maximum atomic E-state index is 13.4. The SMILES string of the molecule is CC1CCCCN1C(=O)CSc1nnc(-c2ccc(F)cc2)n1Cc1ccccc1. The number of carbonyl (C=O) groups is 1. The third-order valence-corrected chi connectivity index (χ3v) is 6.40. The highest BCUT2D eigenvalue weighted by Gasteiger charge is 2.24. The fourth-order valence-electron chi connectivity index (χ4n) is 3.79. The van der Waals surface area contributed by atoms with Gasteiger partial charge in [-0.25, -0.2) is 4.39 Å². The predicted molar refractivity (Wildman–Crippen MR) is 117 cm³/mol. The summed E-state index contributed by atoms with van der Waals surface area (Å²) in [5.74, 6) is 0.856. The molecule has 2 heterocycles. The van der Waals surface area contributed by atoms with Crippen molar-refractivity contribution >= 4 is 17.7 Å². The molecule has 0 aliphatic carbocycles. The van der Waals surface area contributed by atoms with Gasteiger partial charge in [-0.05, 0) is 56.0 Å². The summed E-state index contributed by atoms with van der Waals surface area (Å²) in [4.78, 5) is 14.8. The van der Waals surface area contributed by atoms with Gasteiger partial charge >= 0.3 is 0 Å². The van der Waals surface area contributed by atoms with Gasteiger partial charge in [0.2, 0.25) is 5.91 Å². The fraction of sp³-hybridized carbons (Fsp3) is 0.348. The molecule has 2 aromatic carbocycles. The lowest BCUT2D eigenvalue weighted by Crippen LogP contribution is -2.43. The van der Waals surface area contributed by atoms with Crippen LogP contribution < -0.4 is 0 Å². The Balaban J connectivity index is 1.57. The average molecular weight is 425 g/mol. The highest BCUT2D eigenvalue weighted by atomic mass is 32.2. The van der Waals surface area contributed by atoms with Crippen molar-refractivity contribution in [1.29, 1.82) is 0 Å². The average Bonchev–Trinajstić information content (AvgIpc) is 3.16. The Hall–Kier alpha value is -2.67. The minimum absolute atomic E-state index is 0.143. The quantitative estimate of drug-likeness (QED) is 0.542. The van der Waals surface area contributed by atoms with E-state index in [0.717, 1.165) is 30.5 Å². The van der Waals surface area contributed by atoms with Crippen LogP contribution >= 0.6 is 11.8 Å². The molecule has 7 heteroatoms. The van der Waals surface area contributed by atoms with E-state index < -0.39 is 0 Å². The monoisotopic (exact) mass is 424 g/mol. The topological polar surface area (TPSA) is 51.0 Å². The number of aromatic nitrogens is 3. The molecule has 5 nitrogen and oxygen atoms in total. The Bertz CT molecular complexity index is 990. The van der Waals surface area contributed by atoms with Gasteiger partial charge < -0.3 is 4.90 Å². The Morgan fingerprint density at radius 1 is 1.10 bits per heavy atom. The minimum Gasteiger partial charge on any atom is -0.339 e. The first-order valence-electron chi connectivity index (χ1n) is 10.3. The van der Waals surface area contributed by atoms with Crippen molar-refractivity contribution in [3.8, 4) is 11.4 Å². The number of rotatable bonds is 6. The Morgan fingerprint density at radius 2 is 1.87 bits per heavy atom. The maximum absolute atomic E-state index is 13.4. The van der Waals surface area contributed by atoms with Gasteiger partial charge in [0, 0.05) is 18.2 Å². The molecule has 1 aliphatic heterocycles. The molecule has 1 amide bonds. The lowest BCUT2D eigenvalue weighted by Gasteiger charge is -2.33. The second-order valence-electron chi connectivity index (χ2n) is 7.61. The maximum Gasteiger partial charge on any atom is 0.233 e. The molecule has 30 heavy (non-hydrogen) atoms. The lowest BCUT2D eigenvalue weighted by atomic mass is 10.0. The van der Waals surface area contributed by atoms with Gasteiger partial charge in [-0.3, -0.25) is 9.36 Å². The van der Waals surface area contributed by atoms with Crippen LogP contribution in [0.1, 0.15) is 31.7 Å². The van der Waals surface area contributed by atoms with E-state index in [4.69, 9.17) is 0 Å². The third kappa shape index (κ3) is 4.73. The summed E-state index contributed by atoms with van der Waals surface area (Å²) in [6.45, 7) is 3.53. The molecule has 1 aromatic heterocycles. The number of nitrogens with zero attached hydrogens (tertiary/aromatic N) is 4. The molecule has 0 radical (unpaired) electrons. The largest absolute Gasteiger partial charge is 0.339 e. The molecule has 1 fully saturated rings. The normalized spacial score (nSPS) is 16.6. The van der Waals surface area contributed by atoms with Gasteiger partial charge in [0.15, 0.2) is 11.0 Å². The van der Waals surface area contributed by atoms with Crippen LogP contribution in [0.4, 0.5) is 4.39 Å². The summed E-state index contributed by atoms with van der Waals surface area (Å²) >= 11 is 1.41. The zero-order chi connectivity index (χ0) is 20.9. The van der Waals surface area contributed by atoms with E-state index in [1.54, 1.807) is 12.1 Å². The van der Waals surface area contributed by atoms with Crippen molar-refractivity contribution < 1.29 is 9.18 Å². The first kappa shape index (κ1) is 20.6. The Labute approximate surface area is 180 Å². The second-order valence-corrected chi connectivity index (χ2v) is 8.55. The molecule has 1 unspecified atom stereocenters. The summed E-state index contributed by atoms with van der Waals surface area (Å²) < 4.78 is 15.4. The molecular formula is C23H25FN4OS. The molecule has 1 aliphatic rings. The number of likely N-dealkylation sites (tertiary alicyclic amines) is 1. The summed E-state index contributed by atoms with van der Waals surface area (Å²) in [6, 6.07) is 16.6. The zero-order valence-corrected chi connectivity index (χ0v) is 17.8. The smallest absolute Gasteiger partial charge is 0.233 e. The van der Waals surface area contributed by atoms with Crippen LogP contribution in [0.15, 0.2) is 59.8 Å². The number of carbonyl (C=O) groups excluding carboxylic acids is 1. The van der Waals surface area contributed by atoms with Crippen molar-refractivity contribution in [3.63, 3.8) is 0 Å². The highest BCUT2D eigenvalue weighted by molar-refractivity contribution is 7.99. The molecular weight excluding hydrogens is 399 g/mol. The van der Waals surface area contributed by atoms with Crippen LogP contribution in [0.5, 0.6) is 0 Å². The summed E-state index contributed by atoms with van der Waals surface area (Å²) in [7, 11) is 0. The van der Waals surface area contributed by atoms with Gasteiger partial charge in [0.25, 0.3) is 0 Å². The van der Waals surface area contributed by atoms with Crippen LogP contribution in [-0.4, -0.2) is 43.9 Å². The van der Waals surface area contributed by atoms with Gasteiger partial charge in [0.1, 0.15) is 5.82 Å². The van der Waals surface area contributed by atoms with E-state index in [1.165, 1.54) is 30.3 Å². The molecule has 1 saturated heterocycles. The standard InChI is InChI=1S/C23H25FN4OS/c1-17-7-5-6-14-27(17)21(29)16-30-23-26-25-22(19-10-12-20(24)13-11-19)28(23)15-18-8-3-2-4-9-18/h2-4,8-13,17H,5-7,14-16H2,1H3. The van der Waals surface area contributed by atoms with Gasteiger partial charge in [-0.15, -0.1) is 10.2 Å². The van der Waals surface area contributed by atoms with E-state index in [-0.39, 0.29) is 11.7 Å². The molecule has 3 aromatic rings. The van der Waals surface area contributed by atoms with Crippen molar-refractivity contribution in [2.24, 2.45) is 0 Å². The van der Waals surface area contributed by atoms with Crippen molar-refractivity contribution in [2.45, 2.75) is 43.9 Å². The van der Waals surface area contributed by atoms with E-state index in [1.807, 2.05) is 39.8 Å². The van der Waals surface area contributed by atoms with Gasteiger partial charge in [-0.2, -0.15) is 0 Å².